The zero-order chi connectivity index (χ0) is 14.1. The van der Waals surface area contributed by atoms with E-state index in [0.29, 0.717) is 41.0 Å². The Hall–Kier alpha value is -1.72. The number of rotatable bonds is 2. The van der Waals surface area contributed by atoms with Gasteiger partial charge in [-0.15, -0.1) is 0 Å². The number of aromatic nitrogens is 2. The minimum atomic E-state index is -0.808. The highest BCUT2D eigenvalue weighted by Crippen LogP contribution is 2.40. The fraction of sp³-hybridized carbons (Fsp3) is 0.357. The van der Waals surface area contributed by atoms with Crippen molar-refractivity contribution in [3.8, 4) is 11.5 Å². The molecule has 5 nitrogen and oxygen atoms in total. The first kappa shape index (κ1) is 13.3. The number of benzene rings is 1. The number of aliphatic hydroxyl groups is 1. The fourth-order valence-corrected chi connectivity index (χ4v) is 2.51. The number of ether oxygens (including phenoxy) is 2. The summed E-state index contributed by atoms with van der Waals surface area (Å²) in [7, 11) is 1.78. The Bertz CT molecular complexity index is 627. The number of aryl methyl sites for hydroxylation is 1. The van der Waals surface area contributed by atoms with Gasteiger partial charge in [-0.1, -0.05) is 11.6 Å². The molecule has 1 atom stereocenters. The van der Waals surface area contributed by atoms with Gasteiger partial charge < -0.3 is 14.6 Å². The highest BCUT2D eigenvalue weighted by molar-refractivity contribution is 6.32. The van der Waals surface area contributed by atoms with Crippen molar-refractivity contribution < 1.29 is 14.6 Å². The number of nitrogens with zero attached hydrogens (tertiary/aromatic N) is 2. The van der Waals surface area contributed by atoms with Crippen LogP contribution in [0.4, 0.5) is 0 Å². The summed E-state index contributed by atoms with van der Waals surface area (Å²) < 4.78 is 12.8. The van der Waals surface area contributed by atoms with E-state index in [-0.39, 0.29) is 0 Å². The van der Waals surface area contributed by atoms with Gasteiger partial charge in [0.05, 0.1) is 23.9 Å². The van der Waals surface area contributed by atoms with E-state index in [9.17, 15) is 5.11 Å². The largest absolute Gasteiger partial charge is 0.489 e. The first-order chi connectivity index (χ1) is 9.66. The quantitative estimate of drug-likeness (QED) is 0.923. The first-order valence-corrected chi connectivity index (χ1v) is 6.79. The molecular formula is C14H15ClN2O3. The monoisotopic (exact) mass is 294 g/mol. The molecule has 0 radical (unpaired) electrons. The lowest BCUT2D eigenvalue weighted by Crippen LogP contribution is -2.07. The van der Waals surface area contributed by atoms with Gasteiger partial charge in [0, 0.05) is 19.7 Å². The molecule has 0 spiro atoms. The molecule has 0 aliphatic carbocycles. The Morgan fingerprint density at radius 3 is 2.90 bits per heavy atom. The van der Waals surface area contributed by atoms with Crippen molar-refractivity contribution in [2.45, 2.75) is 12.5 Å². The maximum absolute atomic E-state index is 10.4. The molecule has 1 aromatic carbocycles. The molecule has 1 aliphatic rings. The topological polar surface area (TPSA) is 56.5 Å². The second-order valence-electron chi connectivity index (χ2n) is 4.66. The van der Waals surface area contributed by atoms with Crippen molar-refractivity contribution in [3.05, 3.63) is 40.7 Å². The summed E-state index contributed by atoms with van der Waals surface area (Å²) in [5.74, 6) is 1.12. The van der Waals surface area contributed by atoms with Crippen LogP contribution in [0.25, 0.3) is 0 Å². The van der Waals surface area contributed by atoms with Gasteiger partial charge in [-0.3, -0.25) is 4.68 Å². The van der Waals surface area contributed by atoms with Crippen LogP contribution in [0.2, 0.25) is 5.02 Å². The van der Waals surface area contributed by atoms with Crippen LogP contribution in [0.5, 0.6) is 11.5 Å². The van der Waals surface area contributed by atoms with Crippen molar-refractivity contribution in [2.75, 3.05) is 13.2 Å². The summed E-state index contributed by atoms with van der Waals surface area (Å²) in [6.07, 6.45) is 1.64. The van der Waals surface area contributed by atoms with Crippen molar-refractivity contribution in [3.63, 3.8) is 0 Å². The van der Waals surface area contributed by atoms with Crippen LogP contribution in [0.1, 0.15) is 23.8 Å². The minimum absolute atomic E-state index is 0.445. The number of aliphatic hydroxyl groups excluding tert-OH is 1. The fourth-order valence-electron chi connectivity index (χ4n) is 2.23. The molecule has 2 heterocycles. The van der Waals surface area contributed by atoms with E-state index < -0.39 is 6.10 Å². The lowest BCUT2D eigenvalue weighted by Gasteiger charge is -2.15. The highest BCUT2D eigenvalue weighted by Gasteiger charge is 2.21. The van der Waals surface area contributed by atoms with Gasteiger partial charge in [0.1, 0.15) is 6.10 Å². The average Bonchev–Trinajstić information content (AvgIpc) is 2.72. The smallest absolute Gasteiger partial charge is 0.179 e. The molecule has 0 saturated heterocycles. The van der Waals surface area contributed by atoms with Gasteiger partial charge in [0.25, 0.3) is 0 Å². The molecule has 1 aromatic heterocycles. The van der Waals surface area contributed by atoms with E-state index >= 15 is 0 Å². The van der Waals surface area contributed by atoms with Crippen molar-refractivity contribution >= 4 is 11.6 Å². The SMILES string of the molecule is Cn1nccc1C(O)c1cc(Cl)c2c(c1)OCCCO2. The van der Waals surface area contributed by atoms with Crippen molar-refractivity contribution in [1.82, 2.24) is 9.78 Å². The van der Waals surface area contributed by atoms with E-state index in [4.69, 9.17) is 21.1 Å². The zero-order valence-electron chi connectivity index (χ0n) is 11.0. The van der Waals surface area contributed by atoms with Gasteiger partial charge in [-0.05, 0) is 23.8 Å². The van der Waals surface area contributed by atoms with Gasteiger partial charge in [0.2, 0.25) is 0 Å². The molecule has 0 fully saturated rings. The number of halogens is 1. The summed E-state index contributed by atoms with van der Waals surface area (Å²) in [5.41, 5.74) is 1.35. The van der Waals surface area contributed by atoms with Crippen LogP contribution in [-0.2, 0) is 7.05 Å². The van der Waals surface area contributed by atoms with Crippen LogP contribution >= 0.6 is 11.6 Å². The molecule has 1 unspecified atom stereocenters. The van der Waals surface area contributed by atoms with Crippen molar-refractivity contribution in [1.29, 1.82) is 0 Å². The van der Waals surface area contributed by atoms with Gasteiger partial charge in [0.15, 0.2) is 11.5 Å². The summed E-state index contributed by atoms with van der Waals surface area (Å²) in [6.45, 7) is 1.16. The van der Waals surface area contributed by atoms with E-state index in [1.54, 1.807) is 36.1 Å². The van der Waals surface area contributed by atoms with E-state index in [2.05, 4.69) is 5.10 Å². The van der Waals surface area contributed by atoms with Crippen LogP contribution in [0.15, 0.2) is 24.4 Å². The Morgan fingerprint density at radius 1 is 1.35 bits per heavy atom. The maximum Gasteiger partial charge on any atom is 0.179 e. The molecule has 1 N–H and O–H groups in total. The number of hydrogen-bond donors (Lipinski definition) is 1. The minimum Gasteiger partial charge on any atom is -0.489 e. The third-order valence-electron chi connectivity index (χ3n) is 3.28. The number of hydrogen-bond acceptors (Lipinski definition) is 4. The molecule has 0 amide bonds. The Balaban J connectivity index is 2.01. The van der Waals surface area contributed by atoms with Crippen LogP contribution in [0.3, 0.4) is 0 Å². The van der Waals surface area contributed by atoms with Gasteiger partial charge in [-0.2, -0.15) is 5.10 Å². The zero-order valence-corrected chi connectivity index (χ0v) is 11.8. The summed E-state index contributed by atoms with van der Waals surface area (Å²) in [6, 6.07) is 5.23. The standard InChI is InChI=1S/C14H15ClN2O3/c1-17-11(3-4-16-17)13(18)9-7-10(15)14-12(8-9)19-5-2-6-20-14/h3-4,7-8,13,18H,2,5-6H2,1H3. The summed E-state index contributed by atoms with van der Waals surface area (Å²) in [5, 5.41) is 14.9. The predicted octanol–water partition coefficient (Wildman–Crippen LogP) is 2.32. The first-order valence-electron chi connectivity index (χ1n) is 6.42. The van der Waals surface area contributed by atoms with Gasteiger partial charge >= 0.3 is 0 Å². The second kappa shape index (κ2) is 5.34. The Morgan fingerprint density at radius 2 is 2.15 bits per heavy atom. The molecule has 2 aromatic rings. The summed E-state index contributed by atoms with van der Waals surface area (Å²) >= 11 is 6.23. The van der Waals surface area contributed by atoms with Gasteiger partial charge in [-0.25, -0.2) is 0 Å². The van der Waals surface area contributed by atoms with Crippen molar-refractivity contribution in [2.24, 2.45) is 7.05 Å². The third kappa shape index (κ3) is 2.34. The normalized spacial score (nSPS) is 15.8. The molecule has 6 heteroatoms. The second-order valence-corrected chi connectivity index (χ2v) is 5.07. The van der Waals surface area contributed by atoms with E-state index in [0.717, 1.165) is 6.42 Å². The number of fused-ring (bicyclic) bond motifs is 1. The predicted molar refractivity (Wildman–Crippen MR) is 74.3 cm³/mol. The highest BCUT2D eigenvalue weighted by atomic mass is 35.5. The molecule has 1 aliphatic heterocycles. The average molecular weight is 295 g/mol. The molecule has 106 valence electrons. The van der Waals surface area contributed by atoms with Crippen LogP contribution in [0, 0.1) is 0 Å². The third-order valence-corrected chi connectivity index (χ3v) is 3.56. The summed E-state index contributed by atoms with van der Waals surface area (Å²) in [4.78, 5) is 0. The lowest BCUT2D eigenvalue weighted by atomic mass is 10.1. The maximum atomic E-state index is 10.4. The van der Waals surface area contributed by atoms with Crippen LogP contribution < -0.4 is 9.47 Å². The lowest BCUT2D eigenvalue weighted by molar-refractivity contribution is 0.209. The van der Waals surface area contributed by atoms with E-state index in [1.165, 1.54) is 0 Å². The molecule has 0 bridgehead atoms. The molecule has 20 heavy (non-hydrogen) atoms. The Kier molecular flexibility index (Phi) is 3.54. The van der Waals surface area contributed by atoms with Crippen LogP contribution in [-0.4, -0.2) is 28.1 Å². The Labute approximate surface area is 121 Å². The molecule has 3 rings (SSSR count). The van der Waals surface area contributed by atoms with E-state index in [1.807, 2.05) is 0 Å². The molecule has 0 saturated carbocycles. The molecular weight excluding hydrogens is 280 g/mol.